The Morgan fingerprint density at radius 1 is 1.17 bits per heavy atom. The number of hydrogen-bond acceptors (Lipinski definition) is 4. The van der Waals surface area contributed by atoms with E-state index in [-0.39, 0.29) is 5.56 Å². The van der Waals surface area contributed by atoms with Crippen LogP contribution >= 0.6 is 11.3 Å². The molecule has 0 aliphatic heterocycles. The van der Waals surface area contributed by atoms with Crippen molar-refractivity contribution in [2.24, 2.45) is 7.05 Å². The fraction of sp³-hybridized carbons (Fsp3) is 0.333. The van der Waals surface area contributed by atoms with E-state index in [1.54, 1.807) is 23.0 Å². The van der Waals surface area contributed by atoms with Crippen LogP contribution in [0.25, 0.3) is 10.2 Å². The summed E-state index contributed by atoms with van der Waals surface area (Å²) in [4.78, 5) is 19.8. The van der Waals surface area contributed by atoms with Crippen LogP contribution in [-0.4, -0.2) is 9.55 Å². The van der Waals surface area contributed by atoms with Gasteiger partial charge in [-0.3, -0.25) is 9.36 Å². The second kappa shape index (κ2) is 5.49. The number of nitrogens with one attached hydrogen (secondary N) is 1. The predicted molar refractivity (Wildman–Crippen MR) is 96.0 cm³/mol. The molecule has 0 fully saturated rings. The normalized spacial score (nSPS) is 14.0. The molecule has 0 radical (unpaired) electrons. The Morgan fingerprint density at radius 3 is 2.70 bits per heavy atom. The monoisotopic (exact) mass is 325 g/mol. The van der Waals surface area contributed by atoms with Crippen LogP contribution in [0.3, 0.4) is 0 Å². The van der Waals surface area contributed by atoms with Gasteiger partial charge in [0.15, 0.2) is 0 Å². The maximum Gasteiger partial charge on any atom is 0.263 e. The van der Waals surface area contributed by atoms with Crippen molar-refractivity contribution < 1.29 is 0 Å². The molecule has 0 amide bonds. The maximum atomic E-state index is 12.8. The summed E-state index contributed by atoms with van der Waals surface area (Å²) >= 11 is 1.69. The Labute approximate surface area is 138 Å². The first-order valence-electron chi connectivity index (χ1n) is 7.98. The number of aryl methyl sites for hydroxylation is 3. The van der Waals surface area contributed by atoms with E-state index in [0.717, 1.165) is 28.7 Å². The first-order valence-corrected chi connectivity index (χ1v) is 8.80. The van der Waals surface area contributed by atoms with Crippen LogP contribution in [0.4, 0.5) is 11.6 Å². The quantitative estimate of drug-likeness (QED) is 0.776. The van der Waals surface area contributed by atoms with Crippen molar-refractivity contribution in [3.8, 4) is 0 Å². The first kappa shape index (κ1) is 14.5. The molecule has 0 atom stereocenters. The highest BCUT2D eigenvalue weighted by molar-refractivity contribution is 7.18. The Bertz CT molecular complexity index is 938. The summed E-state index contributed by atoms with van der Waals surface area (Å²) in [5.41, 5.74) is 3.45. The lowest BCUT2D eigenvalue weighted by Gasteiger charge is -2.12. The van der Waals surface area contributed by atoms with Gasteiger partial charge in [-0.1, -0.05) is 17.7 Å². The van der Waals surface area contributed by atoms with Crippen LogP contribution < -0.4 is 10.9 Å². The van der Waals surface area contributed by atoms with Crippen LogP contribution in [0.15, 0.2) is 29.1 Å². The van der Waals surface area contributed by atoms with Crippen molar-refractivity contribution in [1.29, 1.82) is 0 Å². The zero-order valence-corrected chi connectivity index (χ0v) is 14.2. The van der Waals surface area contributed by atoms with E-state index < -0.39 is 0 Å². The van der Waals surface area contributed by atoms with E-state index >= 15 is 0 Å². The molecule has 1 aliphatic rings. The van der Waals surface area contributed by atoms with Gasteiger partial charge < -0.3 is 5.32 Å². The minimum Gasteiger partial charge on any atom is -0.326 e. The number of fused-ring (bicyclic) bond motifs is 3. The van der Waals surface area contributed by atoms with Gasteiger partial charge >= 0.3 is 0 Å². The van der Waals surface area contributed by atoms with Gasteiger partial charge in [0.1, 0.15) is 4.83 Å². The summed E-state index contributed by atoms with van der Waals surface area (Å²) in [6, 6.07) is 8.10. The van der Waals surface area contributed by atoms with Crippen molar-refractivity contribution in [1.82, 2.24) is 9.55 Å². The number of thiophene rings is 1. The molecule has 2 aromatic heterocycles. The third kappa shape index (κ3) is 2.45. The molecule has 1 aromatic carbocycles. The molecule has 3 aromatic rings. The first-order chi connectivity index (χ1) is 11.1. The zero-order valence-electron chi connectivity index (χ0n) is 13.3. The van der Waals surface area contributed by atoms with Gasteiger partial charge in [-0.25, -0.2) is 4.98 Å². The minimum absolute atomic E-state index is 0.0593. The number of hydrogen-bond donors (Lipinski definition) is 1. The SMILES string of the molecule is Cc1ccc(Nc2nc3sc4c(c3c(=O)n2C)CCCC4)cc1. The lowest BCUT2D eigenvalue weighted by Crippen LogP contribution is -2.21. The van der Waals surface area contributed by atoms with Gasteiger partial charge in [0.2, 0.25) is 5.95 Å². The average molecular weight is 325 g/mol. The fourth-order valence-electron chi connectivity index (χ4n) is 3.16. The second-order valence-corrected chi connectivity index (χ2v) is 7.27. The zero-order chi connectivity index (χ0) is 16.0. The van der Waals surface area contributed by atoms with Gasteiger partial charge in [0, 0.05) is 17.6 Å². The van der Waals surface area contributed by atoms with Crippen LogP contribution in [0.2, 0.25) is 0 Å². The van der Waals surface area contributed by atoms with Gasteiger partial charge in [-0.05, 0) is 50.3 Å². The van der Waals surface area contributed by atoms with Gasteiger partial charge in [-0.2, -0.15) is 0 Å². The van der Waals surface area contributed by atoms with E-state index in [1.165, 1.54) is 28.8 Å². The summed E-state index contributed by atoms with van der Waals surface area (Å²) in [6.07, 6.45) is 4.48. The van der Waals surface area contributed by atoms with Gasteiger partial charge in [0.05, 0.1) is 5.39 Å². The minimum atomic E-state index is 0.0593. The molecule has 1 N–H and O–H groups in total. The summed E-state index contributed by atoms with van der Waals surface area (Å²) in [5, 5.41) is 4.11. The Hall–Kier alpha value is -2.14. The van der Waals surface area contributed by atoms with Gasteiger partial charge in [-0.15, -0.1) is 11.3 Å². The highest BCUT2D eigenvalue weighted by Crippen LogP contribution is 2.34. The summed E-state index contributed by atoms with van der Waals surface area (Å²) < 4.78 is 1.63. The van der Waals surface area contributed by atoms with Crippen LogP contribution in [0.5, 0.6) is 0 Å². The Morgan fingerprint density at radius 2 is 1.91 bits per heavy atom. The number of aromatic nitrogens is 2. The molecule has 0 saturated carbocycles. The van der Waals surface area contributed by atoms with Crippen molar-refractivity contribution >= 4 is 33.2 Å². The molecule has 5 heteroatoms. The van der Waals surface area contributed by atoms with Crippen molar-refractivity contribution in [3.63, 3.8) is 0 Å². The smallest absolute Gasteiger partial charge is 0.263 e. The standard InChI is InChI=1S/C18H19N3OS/c1-11-7-9-12(10-8-11)19-18-20-16-15(17(22)21(18)2)13-5-3-4-6-14(13)23-16/h7-10H,3-6H2,1-2H3,(H,19,20). The van der Waals surface area contributed by atoms with Crippen LogP contribution in [0.1, 0.15) is 28.8 Å². The lowest BCUT2D eigenvalue weighted by atomic mass is 9.97. The third-order valence-corrected chi connectivity index (χ3v) is 5.69. The fourth-order valence-corrected chi connectivity index (χ4v) is 4.42. The van der Waals surface area contributed by atoms with Crippen LogP contribution in [0, 0.1) is 6.92 Å². The number of nitrogens with zero attached hydrogens (tertiary/aromatic N) is 2. The maximum absolute atomic E-state index is 12.8. The molecule has 4 nitrogen and oxygen atoms in total. The molecule has 2 heterocycles. The highest BCUT2D eigenvalue weighted by atomic mass is 32.1. The topological polar surface area (TPSA) is 46.9 Å². The molecule has 4 rings (SSSR count). The number of anilines is 2. The Balaban J connectivity index is 1.83. The summed E-state index contributed by atoms with van der Waals surface area (Å²) in [6.45, 7) is 2.06. The molecule has 0 saturated heterocycles. The molecule has 23 heavy (non-hydrogen) atoms. The molecule has 1 aliphatic carbocycles. The van der Waals surface area contributed by atoms with Crippen LogP contribution in [-0.2, 0) is 19.9 Å². The van der Waals surface area contributed by atoms with E-state index in [9.17, 15) is 4.79 Å². The van der Waals surface area contributed by atoms with Gasteiger partial charge in [0.25, 0.3) is 5.56 Å². The molecule has 0 unspecified atom stereocenters. The summed E-state index contributed by atoms with van der Waals surface area (Å²) in [5.74, 6) is 0.602. The molecule has 118 valence electrons. The summed E-state index contributed by atoms with van der Waals surface area (Å²) in [7, 11) is 1.79. The number of benzene rings is 1. The van der Waals surface area contributed by atoms with Crippen molar-refractivity contribution in [2.45, 2.75) is 32.6 Å². The third-order valence-electron chi connectivity index (χ3n) is 4.50. The molecular weight excluding hydrogens is 306 g/mol. The van der Waals surface area contributed by atoms with E-state index in [0.29, 0.717) is 5.95 Å². The lowest BCUT2D eigenvalue weighted by molar-refractivity contribution is 0.699. The predicted octanol–water partition coefficient (Wildman–Crippen LogP) is 3.93. The van der Waals surface area contributed by atoms with E-state index in [2.05, 4.69) is 12.2 Å². The second-order valence-electron chi connectivity index (χ2n) is 6.18. The van der Waals surface area contributed by atoms with E-state index in [1.807, 2.05) is 24.3 Å². The Kier molecular flexibility index (Phi) is 3.45. The molecular formula is C18H19N3OS. The molecule has 0 bridgehead atoms. The molecule has 0 spiro atoms. The highest BCUT2D eigenvalue weighted by Gasteiger charge is 2.21. The largest absolute Gasteiger partial charge is 0.326 e. The average Bonchev–Trinajstić information content (AvgIpc) is 2.92. The van der Waals surface area contributed by atoms with Crippen molar-refractivity contribution in [2.75, 3.05) is 5.32 Å². The number of rotatable bonds is 2. The van der Waals surface area contributed by atoms with E-state index in [4.69, 9.17) is 4.98 Å². The van der Waals surface area contributed by atoms with Crippen molar-refractivity contribution in [3.05, 3.63) is 50.6 Å².